The number of hydrogen-bond donors (Lipinski definition) is 1. The summed E-state index contributed by atoms with van der Waals surface area (Å²) in [4.78, 5) is 11.4. The van der Waals surface area contributed by atoms with Gasteiger partial charge < -0.3 is 5.11 Å². The number of rotatable bonds is 1. The zero-order chi connectivity index (χ0) is 7.72. The minimum Gasteiger partial charge on any atom is -0.473 e. The predicted molar refractivity (Wildman–Crippen MR) is 37.2 cm³/mol. The summed E-state index contributed by atoms with van der Waals surface area (Å²) in [7, 11) is 1.73. The van der Waals surface area contributed by atoms with Gasteiger partial charge in [-0.1, -0.05) is 11.3 Å². The first kappa shape index (κ1) is 7.21. The van der Waals surface area contributed by atoms with E-state index in [4.69, 9.17) is 5.11 Å². The molecule has 1 N–H and O–H groups in total. The van der Waals surface area contributed by atoms with Crippen LogP contribution in [0.25, 0.3) is 0 Å². The van der Waals surface area contributed by atoms with Crippen LogP contribution in [0.1, 0.15) is 14.7 Å². The number of aromatic carboxylic acids is 1. The number of carboxylic acids is 1. The van der Waals surface area contributed by atoms with Crippen LogP contribution >= 0.6 is 11.3 Å². The van der Waals surface area contributed by atoms with Gasteiger partial charge >= 0.3 is 11.0 Å². The van der Waals surface area contributed by atoms with Crippen LogP contribution in [0, 0.1) is 6.92 Å². The Balaban J connectivity index is 3.15. The van der Waals surface area contributed by atoms with E-state index in [0.717, 1.165) is 4.88 Å². The van der Waals surface area contributed by atoms with E-state index in [2.05, 4.69) is 0 Å². The van der Waals surface area contributed by atoms with Gasteiger partial charge in [-0.25, -0.2) is 4.79 Å². The number of thiazole rings is 1. The first-order chi connectivity index (χ1) is 4.61. The topological polar surface area (TPSA) is 41.2 Å². The molecule has 1 heterocycles. The van der Waals surface area contributed by atoms with E-state index in [1.165, 1.54) is 11.3 Å². The minimum absolute atomic E-state index is 0.373. The third kappa shape index (κ3) is 1.16. The average Bonchev–Trinajstić information content (AvgIpc) is 2.10. The van der Waals surface area contributed by atoms with E-state index in [1.54, 1.807) is 17.8 Å². The third-order valence-electron chi connectivity index (χ3n) is 1.14. The van der Waals surface area contributed by atoms with Crippen LogP contribution in [0.3, 0.4) is 0 Å². The SMILES string of the molecule is Cc1c[n+](C)c(C(=O)O)s1. The number of aromatic nitrogens is 1. The van der Waals surface area contributed by atoms with Gasteiger partial charge in [-0.15, -0.1) is 0 Å². The maximum Gasteiger partial charge on any atom is 0.412 e. The van der Waals surface area contributed by atoms with Gasteiger partial charge in [0.2, 0.25) is 0 Å². The van der Waals surface area contributed by atoms with Crippen LogP contribution < -0.4 is 4.57 Å². The smallest absolute Gasteiger partial charge is 0.412 e. The summed E-state index contributed by atoms with van der Waals surface area (Å²) in [5.74, 6) is -0.861. The Hall–Kier alpha value is -0.900. The molecule has 0 aliphatic heterocycles. The number of carboxylic acid groups (broad SMARTS) is 1. The predicted octanol–water partition coefficient (Wildman–Crippen LogP) is 0.579. The highest BCUT2D eigenvalue weighted by Crippen LogP contribution is 2.07. The summed E-state index contributed by atoms with van der Waals surface area (Å²) in [5.41, 5.74) is 0. The largest absolute Gasteiger partial charge is 0.473 e. The molecule has 0 saturated carbocycles. The second-order valence-corrected chi connectivity index (χ2v) is 3.30. The molecule has 0 aromatic carbocycles. The normalized spacial score (nSPS) is 9.80. The molecule has 0 radical (unpaired) electrons. The molecule has 1 aromatic heterocycles. The molecule has 0 aliphatic carbocycles. The highest BCUT2D eigenvalue weighted by molar-refractivity contribution is 7.13. The summed E-state index contributed by atoms with van der Waals surface area (Å²) in [6.07, 6.45) is 1.80. The highest BCUT2D eigenvalue weighted by atomic mass is 32.1. The van der Waals surface area contributed by atoms with Gasteiger partial charge in [0.05, 0.1) is 4.88 Å². The molecule has 0 atom stereocenters. The number of carbonyl (C=O) groups is 1. The van der Waals surface area contributed by atoms with Crippen molar-refractivity contribution in [3.05, 3.63) is 16.1 Å². The van der Waals surface area contributed by atoms with Crippen molar-refractivity contribution in [2.24, 2.45) is 7.05 Å². The molecular weight excluding hydrogens is 150 g/mol. The van der Waals surface area contributed by atoms with E-state index in [9.17, 15) is 4.79 Å². The summed E-state index contributed by atoms with van der Waals surface area (Å²) in [5, 5.41) is 8.94. The minimum atomic E-state index is -0.861. The van der Waals surface area contributed by atoms with Crippen LogP contribution in [-0.4, -0.2) is 11.1 Å². The maximum atomic E-state index is 10.4. The fourth-order valence-corrected chi connectivity index (χ4v) is 1.58. The van der Waals surface area contributed by atoms with Crippen LogP contribution in [0.5, 0.6) is 0 Å². The van der Waals surface area contributed by atoms with E-state index in [1.807, 2.05) is 6.92 Å². The van der Waals surface area contributed by atoms with E-state index < -0.39 is 5.97 Å². The lowest BCUT2D eigenvalue weighted by atomic mass is 10.6. The summed E-state index contributed by atoms with van der Waals surface area (Å²) < 4.78 is 1.61. The standard InChI is InChI=1S/C6H7NO2S/c1-4-3-7(2)5(10-4)6(8)9/h3H,1-2H3/p+1. The first-order valence-electron chi connectivity index (χ1n) is 2.80. The molecule has 0 saturated heterocycles. The average molecular weight is 158 g/mol. The van der Waals surface area contributed by atoms with Crippen molar-refractivity contribution in [1.29, 1.82) is 0 Å². The Morgan fingerprint density at radius 3 is 2.60 bits per heavy atom. The fourth-order valence-electron chi connectivity index (χ4n) is 0.777. The third-order valence-corrected chi connectivity index (χ3v) is 2.22. The molecule has 54 valence electrons. The second-order valence-electron chi connectivity index (χ2n) is 2.06. The van der Waals surface area contributed by atoms with Crippen molar-refractivity contribution >= 4 is 17.3 Å². The van der Waals surface area contributed by atoms with Crippen molar-refractivity contribution in [3.63, 3.8) is 0 Å². The summed E-state index contributed by atoms with van der Waals surface area (Å²) >= 11 is 1.29. The van der Waals surface area contributed by atoms with Gasteiger partial charge in [-0.3, -0.25) is 0 Å². The molecule has 3 nitrogen and oxygen atoms in total. The van der Waals surface area contributed by atoms with E-state index in [0.29, 0.717) is 5.01 Å². The molecule has 4 heteroatoms. The Bertz CT molecular complexity index is 267. The first-order valence-corrected chi connectivity index (χ1v) is 3.62. The van der Waals surface area contributed by atoms with Gasteiger partial charge in [-0.2, -0.15) is 4.57 Å². The summed E-state index contributed by atoms with van der Waals surface area (Å²) in [6.45, 7) is 1.89. The highest BCUT2D eigenvalue weighted by Gasteiger charge is 2.18. The molecule has 0 fully saturated rings. The zero-order valence-corrected chi connectivity index (χ0v) is 6.60. The molecule has 1 rings (SSSR count). The molecule has 10 heavy (non-hydrogen) atoms. The van der Waals surface area contributed by atoms with E-state index >= 15 is 0 Å². The van der Waals surface area contributed by atoms with Gasteiger partial charge in [0.25, 0.3) is 0 Å². The Kier molecular flexibility index (Phi) is 1.72. The molecule has 0 unspecified atom stereocenters. The zero-order valence-electron chi connectivity index (χ0n) is 5.79. The van der Waals surface area contributed by atoms with Gasteiger partial charge in [-0.05, 0) is 6.92 Å². The second kappa shape index (κ2) is 2.38. The van der Waals surface area contributed by atoms with Gasteiger partial charge in [0.1, 0.15) is 7.05 Å². The van der Waals surface area contributed by atoms with Crippen molar-refractivity contribution in [1.82, 2.24) is 0 Å². The van der Waals surface area contributed by atoms with Crippen LogP contribution in [0.4, 0.5) is 0 Å². The molecule has 0 spiro atoms. The van der Waals surface area contributed by atoms with Crippen LogP contribution in [-0.2, 0) is 7.05 Å². The lowest BCUT2D eigenvalue weighted by Crippen LogP contribution is -2.31. The Labute approximate surface area is 62.6 Å². The molecular formula is C6H8NO2S+. The lowest BCUT2D eigenvalue weighted by molar-refractivity contribution is -0.669. The molecule has 0 bridgehead atoms. The van der Waals surface area contributed by atoms with Crippen molar-refractivity contribution < 1.29 is 14.5 Å². The maximum absolute atomic E-state index is 10.4. The Morgan fingerprint density at radius 1 is 1.80 bits per heavy atom. The molecule has 1 aromatic rings. The van der Waals surface area contributed by atoms with Crippen molar-refractivity contribution in [3.8, 4) is 0 Å². The quantitative estimate of drug-likeness (QED) is 0.607. The van der Waals surface area contributed by atoms with Gasteiger partial charge in [0, 0.05) is 0 Å². The van der Waals surface area contributed by atoms with E-state index in [-0.39, 0.29) is 0 Å². The number of hydrogen-bond acceptors (Lipinski definition) is 2. The van der Waals surface area contributed by atoms with Crippen molar-refractivity contribution in [2.75, 3.05) is 0 Å². The monoisotopic (exact) mass is 158 g/mol. The lowest BCUT2D eigenvalue weighted by Gasteiger charge is -1.80. The molecule has 0 amide bonds. The fraction of sp³-hybridized carbons (Fsp3) is 0.333. The van der Waals surface area contributed by atoms with Gasteiger partial charge in [0.15, 0.2) is 6.20 Å². The van der Waals surface area contributed by atoms with Crippen LogP contribution in [0.15, 0.2) is 6.20 Å². The van der Waals surface area contributed by atoms with Crippen molar-refractivity contribution in [2.45, 2.75) is 6.92 Å². The number of nitrogens with zero attached hydrogens (tertiary/aromatic N) is 1. The number of aryl methyl sites for hydroxylation is 2. The summed E-state index contributed by atoms with van der Waals surface area (Å²) in [6, 6.07) is 0. The van der Waals surface area contributed by atoms with Crippen LogP contribution in [0.2, 0.25) is 0 Å². The molecule has 0 aliphatic rings. The Morgan fingerprint density at radius 2 is 2.40 bits per heavy atom.